The molecule has 0 aromatic heterocycles. The lowest BCUT2D eigenvalue weighted by molar-refractivity contribution is 0.0624. The first-order valence-corrected chi connectivity index (χ1v) is 5.62. The van der Waals surface area contributed by atoms with Crippen LogP contribution in [0.4, 0.5) is 0 Å². The van der Waals surface area contributed by atoms with Crippen LogP contribution in [0.5, 0.6) is 0 Å². The molecule has 2 nitrogen and oxygen atoms in total. The Labute approximate surface area is 77.8 Å². The lowest BCUT2D eigenvalue weighted by atomic mass is 9.93. The lowest BCUT2D eigenvalue weighted by Gasteiger charge is -2.29. The van der Waals surface area contributed by atoms with Crippen LogP contribution in [0.1, 0.15) is 26.2 Å². The van der Waals surface area contributed by atoms with Crippen LogP contribution >= 0.6 is 11.8 Å². The van der Waals surface area contributed by atoms with Crippen molar-refractivity contribution in [1.82, 2.24) is 0 Å². The Bertz CT molecular complexity index is 197. The molecule has 0 bridgehead atoms. The number of thioether (sulfide) groups is 1. The number of aliphatic imine (C=N–C) groups is 1. The van der Waals surface area contributed by atoms with Gasteiger partial charge in [-0.2, -0.15) is 0 Å². The summed E-state index contributed by atoms with van der Waals surface area (Å²) >= 11 is 1.94. The standard InChI is InChI=1S/C9H15NOS/c1-2-8-10-9(7-12-8)3-5-11-6-4-9/h2-7H2,1H3. The van der Waals surface area contributed by atoms with Gasteiger partial charge in [-0.05, 0) is 19.3 Å². The monoisotopic (exact) mass is 185 g/mol. The molecule has 2 aliphatic rings. The van der Waals surface area contributed by atoms with Gasteiger partial charge in [-0.3, -0.25) is 4.99 Å². The molecular weight excluding hydrogens is 170 g/mol. The molecule has 68 valence electrons. The minimum absolute atomic E-state index is 0.272. The van der Waals surface area contributed by atoms with Gasteiger partial charge in [0.1, 0.15) is 0 Å². The molecule has 0 saturated carbocycles. The first-order valence-electron chi connectivity index (χ1n) is 4.64. The predicted molar refractivity (Wildman–Crippen MR) is 53.0 cm³/mol. The third kappa shape index (κ3) is 1.52. The van der Waals surface area contributed by atoms with E-state index in [0.717, 1.165) is 32.5 Å². The highest BCUT2D eigenvalue weighted by atomic mass is 32.2. The zero-order valence-corrected chi connectivity index (χ0v) is 8.32. The number of nitrogens with zero attached hydrogens (tertiary/aromatic N) is 1. The highest BCUT2D eigenvalue weighted by Crippen LogP contribution is 2.36. The Morgan fingerprint density at radius 2 is 2.25 bits per heavy atom. The molecule has 1 spiro atoms. The molecule has 0 atom stereocenters. The third-order valence-electron chi connectivity index (χ3n) is 2.60. The SMILES string of the molecule is CCC1=NC2(CCOCC2)CS1. The van der Waals surface area contributed by atoms with Crippen LogP contribution in [0.3, 0.4) is 0 Å². The summed E-state index contributed by atoms with van der Waals surface area (Å²) in [6.07, 6.45) is 3.36. The Kier molecular flexibility index (Phi) is 2.42. The number of hydrogen-bond acceptors (Lipinski definition) is 3. The van der Waals surface area contributed by atoms with Crippen LogP contribution in [-0.2, 0) is 4.74 Å². The second-order valence-corrected chi connectivity index (χ2v) is 4.53. The van der Waals surface area contributed by atoms with Crippen molar-refractivity contribution in [2.24, 2.45) is 4.99 Å². The number of ether oxygens (including phenoxy) is 1. The molecular formula is C9H15NOS. The Morgan fingerprint density at radius 1 is 1.50 bits per heavy atom. The second kappa shape index (κ2) is 3.38. The van der Waals surface area contributed by atoms with Crippen molar-refractivity contribution >= 4 is 16.8 Å². The van der Waals surface area contributed by atoms with Gasteiger partial charge in [0.05, 0.1) is 10.6 Å². The molecule has 1 saturated heterocycles. The molecule has 12 heavy (non-hydrogen) atoms. The zero-order valence-electron chi connectivity index (χ0n) is 7.51. The van der Waals surface area contributed by atoms with E-state index in [1.807, 2.05) is 11.8 Å². The topological polar surface area (TPSA) is 21.6 Å². The maximum atomic E-state index is 5.35. The van der Waals surface area contributed by atoms with Crippen molar-refractivity contribution in [3.63, 3.8) is 0 Å². The van der Waals surface area contributed by atoms with Crippen molar-refractivity contribution in [2.75, 3.05) is 19.0 Å². The molecule has 2 rings (SSSR count). The highest BCUT2D eigenvalue weighted by molar-refractivity contribution is 8.14. The largest absolute Gasteiger partial charge is 0.381 e. The predicted octanol–water partition coefficient (Wildman–Crippen LogP) is 2.09. The molecule has 1 fully saturated rings. The van der Waals surface area contributed by atoms with E-state index >= 15 is 0 Å². The summed E-state index contributed by atoms with van der Waals surface area (Å²) < 4.78 is 5.35. The second-order valence-electron chi connectivity index (χ2n) is 3.48. The van der Waals surface area contributed by atoms with Gasteiger partial charge in [-0.25, -0.2) is 0 Å². The first-order chi connectivity index (χ1) is 5.85. The van der Waals surface area contributed by atoms with Gasteiger partial charge in [0.2, 0.25) is 0 Å². The van der Waals surface area contributed by atoms with Crippen LogP contribution in [0.15, 0.2) is 4.99 Å². The van der Waals surface area contributed by atoms with Gasteiger partial charge in [-0.15, -0.1) is 11.8 Å². The van der Waals surface area contributed by atoms with Gasteiger partial charge in [0.25, 0.3) is 0 Å². The van der Waals surface area contributed by atoms with Crippen molar-refractivity contribution in [2.45, 2.75) is 31.7 Å². The maximum absolute atomic E-state index is 5.35. The van der Waals surface area contributed by atoms with E-state index in [4.69, 9.17) is 9.73 Å². The van der Waals surface area contributed by atoms with Crippen molar-refractivity contribution in [3.8, 4) is 0 Å². The van der Waals surface area contributed by atoms with Crippen LogP contribution in [-0.4, -0.2) is 29.5 Å². The summed E-state index contributed by atoms with van der Waals surface area (Å²) in [5, 5.41) is 1.34. The first kappa shape index (κ1) is 8.57. The number of rotatable bonds is 1. The Hall–Kier alpha value is -0.0200. The van der Waals surface area contributed by atoms with E-state index in [9.17, 15) is 0 Å². The summed E-state index contributed by atoms with van der Waals surface area (Å²) in [4.78, 5) is 4.80. The average Bonchev–Trinajstić information content (AvgIpc) is 2.50. The van der Waals surface area contributed by atoms with Crippen LogP contribution in [0.25, 0.3) is 0 Å². The molecule has 2 aliphatic heterocycles. The average molecular weight is 185 g/mol. The van der Waals surface area contributed by atoms with E-state index in [0.29, 0.717) is 0 Å². The van der Waals surface area contributed by atoms with Gasteiger partial charge >= 0.3 is 0 Å². The fraction of sp³-hybridized carbons (Fsp3) is 0.889. The molecule has 2 heterocycles. The minimum atomic E-state index is 0.272. The molecule has 0 unspecified atom stereocenters. The smallest absolute Gasteiger partial charge is 0.0755 e. The fourth-order valence-corrected chi connectivity index (χ4v) is 2.99. The molecule has 0 aromatic carbocycles. The van der Waals surface area contributed by atoms with E-state index in [2.05, 4.69) is 6.92 Å². The van der Waals surface area contributed by atoms with E-state index in [-0.39, 0.29) is 5.54 Å². The molecule has 0 radical (unpaired) electrons. The quantitative estimate of drug-likeness (QED) is 0.624. The Morgan fingerprint density at radius 3 is 2.83 bits per heavy atom. The normalized spacial score (nSPS) is 27.6. The van der Waals surface area contributed by atoms with Gasteiger partial charge in [0.15, 0.2) is 0 Å². The third-order valence-corrected chi connectivity index (χ3v) is 3.99. The van der Waals surface area contributed by atoms with Gasteiger partial charge in [0, 0.05) is 19.0 Å². The molecule has 0 N–H and O–H groups in total. The van der Waals surface area contributed by atoms with Crippen molar-refractivity contribution < 1.29 is 4.74 Å². The van der Waals surface area contributed by atoms with Crippen LogP contribution < -0.4 is 0 Å². The van der Waals surface area contributed by atoms with E-state index in [1.54, 1.807) is 0 Å². The summed E-state index contributed by atoms with van der Waals surface area (Å²) in [5.41, 5.74) is 0.272. The number of hydrogen-bond donors (Lipinski definition) is 0. The van der Waals surface area contributed by atoms with E-state index < -0.39 is 0 Å². The van der Waals surface area contributed by atoms with Crippen LogP contribution in [0.2, 0.25) is 0 Å². The lowest BCUT2D eigenvalue weighted by Crippen LogP contribution is -2.34. The summed E-state index contributed by atoms with van der Waals surface area (Å²) in [6, 6.07) is 0. The molecule has 0 aliphatic carbocycles. The zero-order chi connectivity index (χ0) is 8.44. The van der Waals surface area contributed by atoms with Crippen LogP contribution in [0, 0.1) is 0 Å². The summed E-state index contributed by atoms with van der Waals surface area (Å²) in [5.74, 6) is 1.19. The molecule has 0 aromatic rings. The minimum Gasteiger partial charge on any atom is -0.381 e. The maximum Gasteiger partial charge on any atom is 0.0755 e. The van der Waals surface area contributed by atoms with E-state index in [1.165, 1.54) is 10.8 Å². The van der Waals surface area contributed by atoms with Crippen molar-refractivity contribution in [3.05, 3.63) is 0 Å². The van der Waals surface area contributed by atoms with Crippen molar-refractivity contribution in [1.29, 1.82) is 0 Å². The highest BCUT2D eigenvalue weighted by Gasteiger charge is 2.36. The summed E-state index contributed by atoms with van der Waals surface area (Å²) in [6.45, 7) is 3.99. The molecule has 3 heteroatoms. The molecule has 0 amide bonds. The summed E-state index contributed by atoms with van der Waals surface area (Å²) in [7, 11) is 0. The Balaban J connectivity index is 2.06. The van der Waals surface area contributed by atoms with Gasteiger partial charge in [-0.1, -0.05) is 6.92 Å². The van der Waals surface area contributed by atoms with Gasteiger partial charge < -0.3 is 4.74 Å². The fourth-order valence-electron chi connectivity index (χ4n) is 1.74.